The first kappa shape index (κ1) is 18.5. The van der Waals surface area contributed by atoms with Crippen molar-refractivity contribution >= 4 is 22.6 Å². The van der Waals surface area contributed by atoms with Gasteiger partial charge in [0.1, 0.15) is 11.3 Å². The highest BCUT2D eigenvalue weighted by Gasteiger charge is 2.16. The van der Waals surface area contributed by atoms with Gasteiger partial charge in [-0.05, 0) is 37.6 Å². The maximum absolute atomic E-state index is 12.4. The van der Waals surface area contributed by atoms with Crippen LogP contribution in [0.5, 0.6) is 11.5 Å². The van der Waals surface area contributed by atoms with Crippen molar-refractivity contribution in [2.24, 2.45) is 5.10 Å². The summed E-state index contributed by atoms with van der Waals surface area (Å²) in [5.41, 5.74) is 5.49. The molecule has 27 heavy (non-hydrogen) atoms. The molecule has 3 aromatic rings. The Bertz CT molecular complexity index is 1000. The number of hydrogen-bond acceptors (Lipinski definition) is 5. The monoisotopic (exact) mass is 366 g/mol. The number of nitrogens with one attached hydrogen (secondary N) is 1. The van der Waals surface area contributed by atoms with Crippen LogP contribution >= 0.6 is 0 Å². The van der Waals surface area contributed by atoms with Crippen LogP contribution in [0.2, 0.25) is 0 Å². The predicted molar refractivity (Wildman–Crippen MR) is 105 cm³/mol. The number of nitrogens with zero attached hydrogens (tertiary/aromatic N) is 1. The van der Waals surface area contributed by atoms with E-state index in [4.69, 9.17) is 13.9 Å². The third kappa shape index (κ3) is 3.65. The van der Waals surface area contributed by atoms with Crippen LogP contribution in [0.15, 0.2) is 52.0 Å². The average molecular weight is 366 g/mol. The van der Waals surface area contributed by atoms with E-state index in [-0.39, 0.29) is 5.91 Å². The number of para-hydroxylation sites is 1. The second-order valence-electron chi connectivity index (χ2n) is 5.97. The molecule has 1 heterocycles. The molecule has 1 amide bonds. The number of hydrazone groups is 1. The van der Waals surface area contributed by atoms with Gasteiger partial charge in [0, 0.05) is 16.5 Å². The number of amides is 1. The van der Waals surface area contributed by atoms with Crippen molar-refractivity contribution in [3.8, 4) is 11.5 Å². The number of hydrogen-bond donors (Lipinski definition) is 1. The fraction of sp³-hybridized carbons (Fsp3) is 0.238. The molecule has 1 aromatic heterocycles. The zero-order chi connectivity index (χ0) is 19.4. The minimum atomic E-state index is -0.343. The number of rotatable bonds is 6. The fourth-order valence-electron chi connectivity index (χ4n) is 2.97. The molecule has 6 heteroatoms. The summed E-state index contributed by atoms with van der Waals surface area (Å²) in [6, 6.07) is 12.8. The van der Waals surface area contributed by atoms with Crippen LogP contribution in [0.4, 0.5) is 0 Å². The van der Waals surface area contributed by atoms with E-state index in [9.17, 15) is 4.79 Å². The summed E-state index contributed by atoms with van der Waals surface area (Å²) >= 11 is 0. The Morgan fingerprint density at radius 3 is 2.56 bits per heavy atom. The van der Waals surface area contributed by atoms with Crippen molar-refractivity contribution in [1.82, 2.24) is 5.43 Å². The molecule has 0 saturated carbocycles. The topological polar surface area (TPSA) is 73.1 Å². The third-order valence-corrected chi connectivity index (χ3v) is 4.35. The van der Waals surface area contributed by atoms with Crippen molar-refractivity contribution in [1.29, 1.82) is 0 Å². The lowest BCUT2D eigenvalue weighted by atomic mass is 10.1. The van der Waals surface area contributed by atoms with Crippen LogP contribution in [0, 0.1) is 0 Å². The second kappa shape index (κ2) is 7.95. The van der Waals surface area contributed by atoms with Crippen LogP contribution in [0.3, 0.4) is 0 Å². The molecule has 0 aliphatic rings. The van der Waals surface area contributed by atoms with Gasteiger partial charge in [0.05, 0.1) is 14.2 Å². The van der Waals surface area contributed by atoms with Gasteiger partial charge in [-0.1, -0.05) is 25.1 Å². The van der Waals surface area contributed by atoms with Crippen molar-refractivity contribution in [2.75, 3.05) is 14.2 Å². The number of aryl methyl sites for hydroxylation is 1. The molecule has 0 aliphatic heterocycles. The first-order chi connectivity index (χ1) is 13.1. The molecule has 0 saturated heterocycles. The van der Waals surface area contributed by atoms with E-state index >= 15 is 0 Å². The SMILES string of the molecule is CCc1c(/C(C)=N\NC(=O)c2ccc(OC)c(OC)c2)oc2ccccc12. The molecule has 0 radical (unpaired) electrons. The summed E-state index contributed by atoms with van der Waals surface area (Å²) in [7, 11) is 3.07. The van der Waals surface area contributed by atoms with E-state index in [2.05, 4.69) is 17.5 Å². The minimum absolute atomic E-state index is 0.343. The van der Waals surface area contributed by atoms with Crippen LogP contribution in [0.25, 0.3) is 11.0 Å². The Morgan fingerprint density at radius 1 is 1.11 bits per heavy atom. The smallest absolute Gasteiger partial charge is 0.271 e. The zero-order valence-electron chi connectivity index (χ0n) is 15.8. The molecule has 0 spiro atoms. The van der Waals surface area contributed by atoms with Gasteiger partial charge in [-0.3, -0.25) is 4.79 Å². The summed E-state index contributed by atoms with van der Waals surface area (Å²) in [4.78, 5) is 12.4. The lowest BCUT2D eigenvalue weighted by Crippen LogP contribution is -2.19. The van der Waals surface area contributed by atoms with Gasteiger partial charge < -0.3 is 13.9 Å². The highest BCUT2D eigenvalue weighted by Crippen LogP contribution is 2.28. The van der Waals surface area contributed by atoms with Crippen molar-refractivity contribution in [3.63, 3.8) is 0 Å². The molecule has 140 valence electrons. The van der Waals surface area contributed by atoms with Crippen molar-refractivity contribution < 1.29 is 18.7 Å². The van der Waals surface area contributed by atoms with E-state index in [1.165, 1.54) is 7.11 Å². The number of carbonyl (C=O) groups is 1. The second-order valence-corrected chi connectivity index (χ2v) is 5.97. The minimum Gasteiger partial charge on any atom is -0.493 e. The molecule has 6 nitrogen and oxygen atoms in total. The normalized spacial score (nSPS) is 11.5. The molecule has 3 rings (SSSR count). The Labute approximate surface area is 157 Å². The number of carbonyl (C=O) groups excluding carboxylic acids is 1. The molecule has 0 atom stereocenters. The highest BCUT2D eigenvalue weighted by atomic mass is 16.5. The van der Waals surface area contributed by atoms with Crippen LogP contribution in [-0.4, -0.2) is 25.8 Å². The van der Waals surface area contributed by atoms with Crippen LogP contribution < -0.4 is 14.9 Å². The molecular formula is C21H22N2O4. The maximum Gasteiger partial charge on any atom is 0.271 e. The number of furan rings is 1. The molecule has 2 aromatic carbocycles. The van der Waals surface area contributed by atoms with Gasteiger partial charge in [0.25, 0.3) is 5.91 Å². The Balaban J connectivity index is 1.84. The molecule has 0 bridgehead atoms. The van der Waals surface area contributed by atoms with Gasteiger partial charge in [0.2, 0.25) is 0 Å². The van der Waals surface area contributed by atoms with E-state index in [1.807, 2.05) is 31.2 Å². The van der Waals surface area contributed by atoms with Gasteiger partial charge in [-0.15, -0.1) is 0 Å². The van der Waals surface area contributed by atoms with Gasteiger partial charge in [-0.2, -0.15) is 5.10 Å². The zero-order valence-corrected chi connectivity index (χ0v) is 15.8. The number of ether oxygens (including phenoxy) is 2. The largest absolute Gasteiger partial charge is 0.493 e. The lowest BCUT2D eigenvalue weighted by Gasteiger charge is -2.09. The molecule has 1 N–H and O–H groups in total. The van der Waals surface area contributed by atoms with Crippen LogP contribution in [-0.2, 0) is 6.42 Å². The van der Waals surface area contributed by atoms with Gasteiger partial charge in [-0.25, -0.2) is 5.43 Å². The quantitative estimate of drug-likeness (QED) is 0.525. The van der Waals surface area contributed by atoms with E-state index in [0.717, 1.165) is 23.0 Å². The lowest BCUT2D eigenvalue weighted by molar-refractivity contribution is 0.0954. The number of methoxy groups -OCH3 is 2. The number of benzene rings is 2. The summed E-state index contributed by atoms with van der Waals surface area (Å²) in [5.74, 6) is 1.38. The third-order valence-electron chi connectivity index (χ3n) is 4.35. The molecule has 0 unspecified atom stereocenters. The standard InChI is InChI=1S/C21H22N2O4/c1-5-15-16-8-6-7-9-17(16)27-20(15)13(2)22-23-21(24)14-10-11-18(25-3)19(12-14)26-4/h6-12H,5H2,1-4H3,(H,23,24)/b22-13-. The summed E-state index contributed by atoms with van der Waals surface area (Å²) < 4.78 is 16.4. The predicted octanol–water partition coefficient (Wildman–Crippen LogP) is 4.17. The first-order valence-corrected chi connectivity index (χ1v) is 8.66. The number of fused-ring (bicyclic) bond motifs is 1. The van der Waals surface area contributed by atoms with E-state index < -0.39 is 0 Å². The maximum atomic E-state index is 12.4. The van der Waals surface area contributed by atoms with Gasteiger partial charge in [0.15, 0.2) is 17.3 Å². The molecule has 0 aliphatic carbocycles. The van der Waals surface area contributed by atoms with Gasteiger partial charge >= 0.3 is 0 Å². The Hall–Kier alpha value is -3.28. The Kier molecular flexibility index (Phi) is 5.45. The fourth-order valence-corrected chi connectivity index (χ4v) is 2.97. The first-order valence-electron chi connectivity index (χ1n) is 8.66. The summed E-state index contributed by atoms with van der Waals surface area (Å²) in [6.45, 7) is 3.88. The van der Waals surface area contributed by atoms with Crippen LogP contribution in [0.1, 0.15) is 35.5 Å². The molecule has 0 fully saturated rings. The van der Waals surface area contributed by atoms with E-state index in [1.54, 1.807) is 25.3 Å². The average Bonchev–Trinajstić information content (AvgIpc) is 3.09. The Morgan fingerprint density at radius 2 is 1.85 bits per heavy atom. The van der Waals surface area contributed by atoms with Crippen molar-refractivity contribution in [2.45, 2.75) is 20.3 Å². The van der Waals surface area contributed by atoms with E-state index in [0.29, 0.717) is 28.5 Å². The molecular weight excluding hydrogens is 344 g/mol. The summed E-state index contributed by atoms with van der Waals surface area (Å²) in [6.07, 6.45) is 0.808. The highest BCUT2D eigenvalue weighted by molar-refractivity contribution is 6.03. The van der Waals surface area contributed by atoms with Crippen molar-refractivity contribution in [3.05, 3.63) is 59.4 Å². The summed E-state index contributed by atoms with van der Waals surface area (Å²) in [5, 5.41) is 5.29.